The van der Waals surface area contributed by atoms with Crippen molar-refractivity contribution in [2.75, 3.05) is 5.32 Å². The number of benzene rings is 3. The molecule has 0 aliphatic carbocycles. The van der Waals surface area contributed by atoms with Crippen molar-refractivity contribution >= 4 is 65.7 Å². The Morgan fingerprint density at radius 2 is 1.59 bits per heavy atom. The second-order valence-electron chi connectivity index (χ2n) is 5.62. The van der Waals surface area contributed by atoms with Crippen LogP contribution in [0.15, 0.2) is 70.0 Å². The van der Waals surface area contributed by atoms with E-state index >= 15 is 0 Å². The summed E-state index contributed by atoms with van der Waals surface area (Å²) in [6.45, 7) is 0. The Hall–Kier alpha value is -2.33. The number of sulfonamides is 1. The van der Waals surface area contributed by atoms with Crippen molar-refractivity contribution in [3.63, 3.8) is 0 Å². The molecule has 9 heteroatoms. The Balaban J connectivity index is 1.75. The van der Waals surface area contributed by atoms with Crippen molar-refractivity contribution in [1.82, 2.24) is 5.32 Å². The maximum atomic E-state index is 12.6. The molecule has 0 saturated heterocycles. The van der Waals surface area contributed by atoms with Gasteiger partial charge in [-0.05, 0) is 59.4 Å². The summed E-state index contributed by atoms with van der Waals surface area (Å²) in [5, 5.41) is 12.3. The van der Waals surface area contributed by atoms with Crippen LogP contribution in [0.5, 0.6) is 0 Å². The summed E-state index contributed by atoms with van der Waals surface area (Å²) >= 11 is 8.65. The summed E-state index contributed by atoms with van der Waals surface area (Å²) in [6.07, 6.45) is 0. The zero-order valence-corrected chi connectivity index (χ0v) is 17.0. The predicted molar refractivity (Wildman–Crippen MR) is 113 cm³/mol. The quantitative estimate of drug-likeness (QED) is 0.516. The van der Waals surface area contributed by atoms with E-state index in [-0.39, 0.29) is 15.9 Å². The van der Waals surface area contributed by atoms with Gasteiger partial charge in [-0.1, -0.05) is 40.2 Å². The molecule has 0 aliphatic rings. The summed E-state index contributed by atoms with van der Waals surface area (Å²) in [4.78, 5) is 12.6. The Morgan fingerprint density at radius 3 is 2.26 bits per heavy atom. The lowest BCUT2D eigenvalue weighted by molar-refractivity contribution is 0.0979. The number of carbonyl (C=O) groups excluding carboxylic acids is 1. The molecule has 27 heavy (non-hydrogen) atoms. The van der Waals surface area contributed by atoms with Crippen molar-refractivity contribution in [2.24, 2.45) is 5.14 Å². The fraction of sp³-hybridized carbons (Fsp3) is 0. The molecule has 6 nitrogen and oxygen atoms in total. The predicted octanol–water partition coefficient (Wildman–Crippen LogP) is 3.38. The van der Waals surface area contributed by atoms with Crippen LogP contribution in [0.1, 0.15) is 10.4 Å². The number of hydrogen-bond donors (Lipinski definition) is 3. The van der Waals surface area contributed by atoms with E-state index in [2.05, 4.69) is 26.6 Å². The van der Waals surface area contributed by atoms with Crippen LogP contribution in [0.4, 0.5) is 5.69 Å². The normalized spacial score (nSPS) is 11.2. The van der Waals surface area contributed by atoms with Gasteiger partial charge in [0.05, 0.1) is 4.90 Å². The largest absolute Gasteiger partial charge is 0.332 e. The van der Waals surface area contributed by atoms with Gasteiger partial charge < -0.3 is 5.32 Å². The SMILES string of the molecule is NS(=O)(=O)c1ccc(NC(=S)NC(=O)c2cccc3c(Br)cccc23)cc1. The Bertz CT molecular complexity index is 1150. The molecule has 3 aromatic rings. The highest BCUT2D eigenvalue weighted by atomic mass is 79.9. The maximum Gasteiger partial charge on any atom is 0.258 e. The van der Waals surface area contributed by atoms with Gasteiger partial charge in [-0.3, -0.25) is 10.1 Å². The van der Waals surface area contributed by atoms with Crippen LogP contribution in [-0.4, -0.2) is 19.4 Å². The fourth-order valence-corrected chi connectivity index (χ4v) is 3.75. The third kappa shape index (κ3) is 4.51. The van der Waals surface area contributed by atoms with Gasteiger partial charge in [0.25, 0.3) is 5.91 Å². The topological polar surface area (TPSA) is 101 Å². The molecule has 0 saturated carbocycles. The monoisotopic (exact) mass is 463 g/mol. The highest BCUT2D eigenvalue weighted by molar-refractivity contribution is 9.10. The van der Waals surface area contributed by atoms with Gasteiger partial charge in [0, 0.05) is 15.7 Å². The van der Waals surface area contributed by atoms with E-state index in [1.54, 1.807) is 12.1 Å². The van der Waals surface area contributed by atoms with Crippen molar-refractivity contribution in [3.8, 4) is 0 Å². The third-order valence-corrected chi connectivity index (χ3v) is 5.61. The van der Waals surface area contributed by atoms with Crippen molar-refractivity contribution in [1.29, 1.82) is 0 Å². The number of amides is 1. The second kappa shape index (κ2) is 7.73. The van der Waals surface area contributed by atoms with Crippen LogP contribution in [-0.2, 0) is 10.0 Å². The lowest BCUT2D eigenvalue weighted by Gasteiger charge is -2.11. The number of primary sulfonamides is 1. The number of carbonyl (C=O) groups is 1. The van der Waals surface area contributed by atoms with E-state index in [0.717, 1.165) is 15.2 Å². The third-order valence-electron chi connectivity index (χ3n) is 3.78. The molecule has 0 radical (unpaired) electrons. The summed E-state index contributed by atoms with van der Waals surface area (Å²) in [5.41, 5.74) is 1.01. The summed E-state index contributed by atoms with van der Waals surface area (Å²) in [7, 11) is -3.76. The molecule has 138 valence electrons. The van der Waals surface area contributed by atoms with Gasteiger partial charge in [-0.25, -0.2) is 13.6 Å². The molecule has 0 aromatic heterocycles. The fourth-order valence-electron chi connectivity index (χ4n) is 2.53. The van der Waals surface area contributed by atoms with E-state index < -0.39 is 10.0 Å². The van der Waals surface area contributed by atoms with Crippen LogP contribution in [0.25, 0.3) is 10.8 Å². The van der Waals surface area contributed by atoms with Crippen LogP contribution in [0, 0.1) is 0 Å². The van der Waals surface area contributed by atoms with E-state index in [1.165, 1.54) is 24.3 Å². The van der Waals surface area contributed by atoms with Crippen LogP contribution in [0.3, 0.4) is 0 Å². The summed E-state index contributed by atoms with van der Waals surface area (Å²) < 4.78 is 23.4. The Morgan fingerprint density at radius 1 is 0.963 bits per heavy atom. The number of rotatable bonds is 3. The van der Waals surface area contributed by atoms with Gasteiger partial charge in [-0.2, -0.15) is 0 Å². The number of anilines is 1. The molecule has 0 aliphatic heterocycles. The number of hydrogen-bond acceptors (Lipinski definition) is 4. The summed E-state index contributed by atoms with van der Waals surface area (Å²) in [6, 6.07) is 16.8. The minimum absolute atomic E-state index is 0.00987. The van der Waals surface area contributed by atoms with Gasteiger partial charge >= 0.3 is 0 Å². The van der Waals surface area contributed by atoms with Crippen LogP contribution >= 0.6 is 28.1 Å². The number of fused-ring (bicyclic) bond motifs is 1. The molecule has 3 rings (SSSR count). The first-order valence-electron chi connectivity index (χ1n) is 7.68. The van der Waals surface area contributed by atoms with Gasteiger partial charge in [0.15, 0.2) is 5.11 Å². The average Bonchev–Trinajstić information content (AvgIpc) is 2.61. The van der Waals surface area contributed by atoms with Crippen molar-refractivity contribution < 1.29 is 13.2 Å². The first kappa shape index (κ1) is 19.4. The minimum Gasteiger partial charge on any atom is -0.332 e. The highest BCUT2D eigenvalue weighted by Crippen LogP contribution is 2.26. The number of thiocarbonyl (C=S) groups is 1. The molecule has 0 atom stereocenters. The van der Waals surface area contributed by atoms with E-state index in [1.807, 2.05) is 24.3 Å². The first-order chi connectivity index (χ1) is 12.8. The highest BCUT2D eigenvalue weighted by Gasteiger charge is 2.13. The molecule has 0 spiro atoms. The molecular weight excluding hydrogens is 450 g/mol. The maximum absolute atomic E-state index is 12.6. The zero-order chi connectivity index (χ0) is 19.6. The standard InChI is InChI=1S/C18H14BrN3O3S2/c19-16-6-2-3-13-14(16)4-1-5-15(13)17(23)22-18(26)21-11-7-9-12(10-8-11)27(20,24)25/h1-10H,(H2,20,24,25)(H2,21,22,23,26). The molecular formula is C18H14BrN3O3S2. The minimum atomic E-state index is -3.76. The molecule has 4 N–H and O–H groups in total. The molecule has 0 heterocycles. The molecule has 0 bridgehead atoms. The van der Waals surface area contributed by atoms with Crippen molar-refractivity contribution in [3.05, 3.63) is 70.7 Å². The number of nitrogens with one attached hydrogen (secondary N) is 2. The Labute approximate surface area is 169 Å². The zero-order valence-electron chi connectivity index (χ0n) is 13.8. The average molecular weight is 464 g/mol. The molecule has 1 amide bonds. The lowest BCUT2D eigenvalue weighted by atomic mass is 10.0. The van der Waals surface area contributed by atoms with E-state index in [9.17, 15) is 13.2 Å². The number of nitrogens with two attached hydrogens (primary N) is 1. The first-order valence-corrected chi connectivity index (χ1v) is 10.4. The van der Waals surface area contributed by atoms with Gasteiger partial charge in [0.1, 0.15) is 0 Å². The smallest absolute Gasteiger partial charge is 0.258 e. The molecule has 3 aromatic carbocycles. The van der Waals surface area contributed by atoms with Gasteiger partial charge in [0.2, 0.25) is 10.0 Å². The van der Waals surface area contributed by atoms with E-state index in [0.29, 0.717) is 11.3 Å². The van der Waals surface area contributed by atoms with Crippen LogP contribution in [0.2, 0.25) is 0 Å². The van der Waals surface area contributed by atoms with Crippen molar-refractivity contribution in [2.45, 2.75) is 4.90 Å². The Kier molecular flexibility index (Phi) is 5.56. The van der Waals surface area contributed by atoms with Gasteiger partial charge in [-0.15, -0.1) is 0 Å². The summed E-state index contributed by atoms with van der Waals surface area (Å²) in [5.74, 6) is -0.350. The molecule has 0 unspecified atom stereocenters. The van der Waals surface area contributed by atoms with Crippen LogP contribution < -0.4 is 15.8 Å². The number of halogens is 1. The molecule has 0 fully saturated rings. The second-order valence-corrected chi connectivity index (χ2v) is 8.44. The van der Waals surface area contributed by atoms with E-state index in [4.69, 9.17) is 17.4 Å². The lowest BCUT2D eigenvalue weighted by Crippen LogP contribution is -2.34.